The van der Waals surface area contributed by atoms with E-state index in [1.54, 1.807) is 30.3 Å². The van der Waals surface area contributed by atoms with Crippen LogP contribution in [0.3, 0.4) is 0 Å². The van der Waals surface area contributed by atoms with Crippen molar-refractivity contribution in [2.75, 3.05) is 0 Å². The molecule has 0 spiro atoms. The Bertz CT molecular complexity index is 1170. The Kier molecular flexibility index (Phi) is 4.26. The molecule has 2 heterocycles. The molecule has 4 nitrogen and oxygen atoms in total. The van der Waals surface area contributed by atoms with Crippen molar-refractivity contribution in [3.8, 4) is 11.5 Å². The molecule has 0 unspecified atom stereocenters. The molecule has 0 radical (unpaired) electrons. The molecule has 0 fully saturated rings. The number of aldehydes is 1. The molecule has 0 aliphatic carbocycles. The molecular formula is C20H12F4N2O2. The van der Waals surface area contributed by atoms with Gasteiger partial charge in [0.05, 0.1) is 17.6 Å². The van der Waals surface area contributed by atoms with E-state index in [0.717, 1.165) is 12.1 Å². The van der Waals surface area contributed by atoms with Gasteiger partial charge in [0.1, 0.15) is 11.5 Å². The Hall–Kier alpha value is -3.42. The smallest absolute Gasteiger partial charge is 0.416 e. The Labute approximate surface area is 156 Å². The van der Waals surface area contributed by atoms with Gasteiger partial charge in [-0.1, -0.05) is 24.3 Å². The second kappa shape index (κ2) is 6.63. The zero-order chi connectivity index (χ0) is 19.9. The predicted molar refractivity (Wildman–Crippen MR) is 93.3 cm³/mol. The molecule has 2 aromatic carbocycles. The van der Waals surface area contributed by atoms with E-state index in [9.17, 15) is 22.4 Å². The van der Waals surface area contributed by atoms with Crippen LogP contribution in [-0.2, 0) is 12.7 Å². The van der Waals surface area contributed by atoms with Crippen LogP contribution in [0.1, 0.15) is 21.7 Å². The number of carbonyl (C=O) groups excluding carboxylic acids is 1. The van der Waals surface area contributed by atoms with E-state index in [1.807, 2.05) is 0 Å². The first-order valence-electron chi connectivity index (χ1n) is 8.23. The molecule has 2 aromatic heterocycles. The number of aromatic nitrogens is 2. The number of rotatable bonds is 4. The van der Waals surface area contributed by atoms with Crippen LogP contribution < -0.4 is 0 Å². The lowest BCUT2D eigenvalue weighted by Crippen LogP contribution is -2.08. The van der Waals surface area contributed by atoms with Crippen LogP contribution in [0.5, 0.6) is 0 Å². The first-order chi connectivity index (χ1) is 13.4. The van der Waals surface area contributed by atoms with Crippen molar-refractivity contribution in [3.05, 3.63) is 77.3 Å². The fraction of sp³-hybridized carbons (Fsp3) is 0.100. The standard InChI is InChI=1S/C20H12F4N2O2/c21-16-9-13(20(22,23)24)6-5-12(16)10-26-17-4-2-1-3-15(17)19(25-26)18-8-7-14(11-27)28-18/h1-9,11H,10H2. The molecule has 0 bridgehead atoms. The highest BCUT2D eigenvalue weighted by molar-refractivity contribution is 5.92. The first kappa shape index (κ1) is 18.0. The van der Waals surface area contributed by atoms with Crippen LogP contribution in [-0.4, -0.2) is 16.1 Å². The maximum atomic E-state index is 14.2. The Balaban J connectivity index is 1.77. The SMILES string of the molecule is O=Cc1ccc(-c2nn(Cc3ccc(C(F)(F)F)cc3F)c3ccccc23)o1. The molecule has 0 amide bonds. The minimum Gasteiger partial charge on any atom is -0.452 e. The summed E-state index contributed by atoms with van der Waals surface area (Å²) < 4.78 is 59.4. The number of hydrogen-bond acceptors (Lipinski definition) is 3. The lowest BCUT2D eigenvalue weighted by molar-refractivity contribution is -0.137. The summed E-state index contributed by atoms with van der Waals surface area (Å²) in [5.41, 5.74) is 0.134. The van der Waals surface area contributed by atoms with E-state index < -0.39 is 17.6 Å². The zero-order valence-corrected chi connectivity index (χ0v) is 14.2. The highest BCUT2D eigenvalue weighted by atomic mass is 19.4. The molecule has 0 saturated heterocycles. The predicted octanol–water partition coefficient (Wildman–Crippen LogP) is 5.32. The Morgan fingerprint density at radius 3 is 2.54 bits per heavy atom. The summed E-state index contributed by atoms with van der Waals surface area (Å²) in [6.07, 6.45) is -4.04. The number of benzene rings is 2. The summed E-state index contributed by atoms with van der Waals surface area (Å²) in [6, 6.07) is 12.6. The quantitative estimate of drug-likeness (QED) is 0.351. The van der Waals surface area contributed by atoms with Gasteiger partial charge in [0, 0.05) is 10.9 Å². The maximum absolute atomic E-state index is 14.2. The van der Waals surface area contributed by atoms with E-state index in [2.05, 4.69) is 5.10 Å². The van der Waals surface area contributed by atoms with Gasteiger partial charge < -0.3 is 4.42 Å². The van der Waals surface area contributed by atoms with Gasteiger partial charge >= 0.3 is 6.18 Å². The lowest BCUT2D eigenvalue weighted by atomic mass is 10.1. The van der Waals surface area contributed by atoms with Gasteiger partial charge in [-0.3, -0.25) is 9.48 Å². The third-order valence-corrected chi connectivity index (χ3v) is 4.33. The monoisotopic (exact) mass is 388 g/mol. The Morgan fingerprint density at radius 2 is 1.86 bits per heavy atom. The number of fused-ring (bicyclic) bond motifs is 1. The van der Waals surface area contributed by atoms with Crippen LogP contribution in [0, 0.1) is 5.82 Å². The second-order valence-corrected chi connectivity index (χ2v) is 6.15. The highest BCUT2D eigenvalue weighted by Gasteiger charge is 2.31. The van der Waals surface area contributed by atoms with Gasteiger partial charge in [-0.25, -0.2) is 4.39 Å². The van der Waals surface area contributed by atoms with E-state index >= 15 is 0 Å². The van der Waals surface area contributed by atoms with Crippen molar-refractivity contribution in [3.63, 3.8) is 0 Å². The highest BCUT2D eigenvalue weighted by Crippen LogP contribution is 2.32. The average Bonchev–Trinajstić information content (AvgIpc) is 3.27. The fourth-order valence-electron chi connectivity index (χ4n) is 2.99. The molecule has 0 atom stereocenters. The number of carbonyl (C=O) groups is 1. The van der Waals surface area contributed by atoms with Crippen LogP contribution in [0.25, 0.3) is 22.4 Å². The summed E-state index contributed by atoms with van der Waals surface area (Å²) in [7, 11) is 0. The van der Waals surface area contributed by atoms with Crippen molar-refractivity contribution < 1.29 is 26.8 Å². The number of furan rings is 1. The number of halogens is 4. The van der Waals surface area contributed by atoms with Crippen LogP contribution in [0.15, 0.2) is 59.0 Å². The fourth-order valence-corrected chi connectivity index (χ4v) is 2.99. The third-order valence-electron chi connectivity index (χ3n) is 4.33. The van der Waals surface area contributed by atoms with Crippen molar-refractivity contribution >= 4 is 17.2 Å². The van der Waals surface area contributed by atoms with Gasteiger partial charge in [0.15, 0.2) is 17.8 Å². The van der Waals surface area contributed by atoms with E-state index in [1.165, 1.54) is 10.7 Å². The molecule has 8 heteroatoms. The molecule has 142 valence electrons. The summed E-state index contributed by atoms with van der Waals surface area (Å²) in [5.74, 6) is -0.454. The topological polar surface area (TPSA) is 48.0 Å². The minimum absolute atomic E-state index is 0.0638. The molecule has 0 aliphatic heterocycles. The summed E-state index contributed by atoms with van der Waals surface area (Å²) in [6.45, 7) is -0.0638. The lowest BCUT2D eigenvalue weighted by Gasteiger charge is -2.10. The molecule has 4 rings (SSSR count). The summed E-state index contributed by atoms with van der Waals surface area (Å²) >= 11 is 0. The average molecular weight is 388 g/mol. The maximum Gasteiger partial charge on any atom is 0.416 e. The number of para-hydroxylation sites is 1. The van der Waals surface area contributed by atoms with Crippen LogP contribution in [0.4, 0.5) is 17.6 Å². The van der Waals surface area contributed by atoms with Gasteiger partial charge in [-0.2, -0.15) is 18.3 Å². The second-order valence-electron chi connectivity index (χ2n) is 6.15. The van der Waals surface area contributed by atoms with Gasteiger partial charge in [0.25, 0.3) is 0 Å². The molecule has 0 N–H and O–H groups in total. The first-order valence-corrected chi connectivity index (χ1v) is 8.23. The van der Waals surface area contributed by atoms with Gasteiger partial charge in [-0.05, 0) is 30.3 Å². The van der Waals surface area contributed by atoms with Gasteiger partial charge in [-0.15, -0.1) is 0 Å². The van der Waals surface area contributed by atoms with Crippen molar-refractivity contribution in [2.24, 2.45) is 0 Å². The van der Waals surface area contributed by atoms with Crippen LogP contribution in [0.2, 0.25) is 0 Å². The van der Waals surface area contributed by atoms with E-state index in [-0.39, 0.29) is 17.9 Å². The summed E-state index contributed by atoms with van der Waals surface area (Å²) in [5, 5.41) is 5.14. The largest absolute Gasteiger partial charge is 0.452 e. The van der Waals surface area contributed by atoms with E-state index in [4.69, 9.17) is 4.42 Å². The number of nitrogens with zero attached hydrogens (tertiary/aromatic N) is 2. The van der Waals surface area contributed by atoms with Crippen LogP contribution >= 0.6 is 0 Å². The molecule has 0 saturated carbocycles. The molecule has 28 heavy (non-hydrogen) atoms. The van der Waals surface area contributed by atoms with Crippen molar-refractivity contribution in [2.45, 2.75) is 12.7 Å². The van der Waals surface area contributed by atoms with Crippen molar-refractivity contribution in [1.29, 1.82) is 0 Å². The van der Waals surface area contributed by atoms with Crippen molar-refractivity contribution in [1.82, 2.24) is 9.78 Å². The minimum atomic E-state index is -4.61. The number of hydrogen-bond donors (Lipinski definition) is 0. The third kappa shape index (κ3) is 3.17. The number of alkyl halides is 3. The molecule has 0 aliphatic rings. The molecular weight excluding hydrogens is 376 g/mol. The Morgan fingerprint density at radius 1 is 1.07 bits per heavy atom. The van der Waals surface area contributed by atoms with E-state index in [0.29, 0.717) is 34.7 Å². The summed E-state index contributed by atoms with van der Waals surface area (Å²) in [4.78, 5) is 10.9. The van der Waals surface area contributed by atoms with Gasteiger partial charge in [0.2, 0.25) is 0 Å². The zero-order valence-electron chi connectivity index (χ0n) is 14.2. The normalized spacial score (nSPS) is 11.9. The molecule has 4 aromatic rings.